The third kappa shape index (κ3) is 3.93. The number of halogens is 3. The highest BCUT2D eigenvalue weighted by Gasteiger charge is 2.17. The van der Waals surface area contributed by atoms with Crippen molar-refractivity contribution in [1.82, 2.24) is 10.6 Å². The second-order valence-corrected chi connectivity index (χ2v) is 5.89. The number of hydrazine groups is 1. The van der Waals surface area contributed by atoms with E-state index in [1.165, 1.54) is 6.07 Å². The van der Waals surface area contributed by atoms with Crippen molar-refractivity contribution in [3.05, 3.63) is 76.4 Å². The molecule has 0 aliphatic heterocycles. The number of nitrogens with zero attached hydrogens (tertiary/aromatic N) is 1. The van der Waals surface area contributed by atoms with Crippen molar-refractivity contribution in [2.45, 2.75) is 20.5 Å². The zero-order chi connectivity index (χ0) is 20.3. The van der Waals surface area contributed by atoms with Gasteiger partial charge in [0.1, 0.15) is 18.1 Å². The van der Waals surface area contributed by atoms with E-state index in [1.807, 2.05) is 0 Å². The molecule has 0 bridgehead atoms. The van der Waals surface area contributed by atoms with Crippen LogP contribution in [0.5, 0.6) is 5.75 Å². The van der Waals surface area contributed by atoms with Gasteiger partial charge in [-0.25, -0.2) is 13.2 Å². The minimum atomic E-state index is -1.64. The van der Waals surface area contributed by atoms with E-state index in [0.717, 1.165) is 17.7 Å². The Kier molecular flexibility index (Phi) is 5.53. The maximum Gasteiger partial charge on any atom is 0.273 e. The van der Waals surface area contributed by atoms with Gasteiger partial charge in [0, 0.05) is 0 Å². The Morgan fingerprint density at radius 3 is 2.57 bits per heavy atom. The van der Waals surface area contributed by atoms with Crippen molar-refractivity contribution in [2.75, 3.05) is 5.43 Å². The lowest BCUT2D eigenvalue weighted by atomic mass is 10.2. The number of benzene rings is 2. The van der Waals surface area contributed by atoms with Crippen molar-refractivity contribution in [1.29, 1.82) is 0 Å². The summed E-state index contributed by atoms with van der Waals surface area (Å²) in [5, 5.41) is 3.83. The molecule has 0 atom stereocenters. The van der Waals surface area contributed by atoms with Crippen molar-refractivity contribution in [3.8, 4) is 5.75 Å². The first-order valence-corrected chi connectivity index (χ1v) is 8.22. The Bertz CT molecular complexity index is 1000. The summed E-state index contributed by atoms with van der Waals surface area (Å²) in [5.74, 6) is -4.18. The number of aromatic nitrogens is 1. The average molecular weight is 391 g/mol. The number of rotatable bonds is 6. The van der Waals surface area contributed by atoms with Gasteiger partial charge in [-0.05, 0) is 38.1 Å². The monoisotopic (exact) mass is 391 g/mol. The van der Waals surface area contributed by atoms with Gasteiger partial charge in [0.25, 0.3) is 5.91 Å². The Morgan fingerprint density at radius 1 is 1.11 bits per heavy atom. The molecule has 146 valence electrons. The molecule has 2 N–H and O–H groups in total. The number of aryl methyl sites for hydroxylation is 2. The summed E-state index contributed by atoms with van der Waals surface area (Å²) >= 11 is 0. The lowest BCUT2D eigenvalue weighted by Crippen LogP contribution is -2.30. The maximum absolute atomic E-state index is 13.7. The molecule has 0 fully saturated rings. The van der Waals surface area contributed by atoms with Crippen LogP contribution in [-0.4, -0.2) is 11.1 Å². The number of carbonyl (C=O) groups excluding carboxylic acids is 1. The predicted octanol–water partition coefficient (Wildman–Crippen LogP) is 4.04. The Balaban J connectivity index is 1.71. The smallest absolute Gasteiger partial charge is 0.273 e. The molecule has 0 aliphatic carbocycles. The largest absolute Gasteiger partial charge is 0.488 e. The molecule has 0 unspecified atom stereocenters. The molecule has 2 aromatic carbocycles. The molecule has 28 heavy (non-hydrogen) atoms. The minimum Gasteiger partial charge on any atom is -0.488 e. The highest BCUT2D eigenvalue weighted by Crippen LogP contribution is 2.22. The van der Waals surface area contributed by atoms with Crippen molar-refractivity contribution in [2.24, 2.45) is 0 Å². The Morgan fingerprint density at radius 2 is 1.86 bits per heavy atom. The SMILES string of the molecule is Cc1noc(C)c1COc1ccccc1C(=O)NNc1ccc(F)c(F)c1F. The van der Waals surface area contributed by atoms with Crippen LogP contribution in [0.15, 0.2) is 40.9 Å². The third-order valence-electron chi connectivity index (χ3n) is 4.03. The molecule has 0 radical (unpaired) electrons. The van der Waals surface area contributed by atoms with Gasteiger partial charge in [-0.3, -0.25) is 15.6 Å². The van der Waals surface area contributed by atoms with Crippen LogP contribution in [-0.2, 0) is 6.61 Å². The molecule has 6 nitrogen and oxygen atoms in total. The summed E-state index contributed by atoms with van der Waals surface area (Å²) in [6.07, 6.45) is 0. The van der Waals surface area contributed by atoms with Gasteiger partial charge in [-0.15, -0.1) is 0 Å². The Labute approximate surface area is 158 Å². The highest BCUT2D eigenvalue weighted by atomic mass is 19.2. The Hall–Kier alpha value is -3.49. The number of hydrogen-bond donors (Lipinski definition) is 2. The van der Waals surface area contributed by atoms with Crippen LogP contribution < -0.4 is 15.6 Å². The first-order valence-electron chi connectivity index (χ1n) is 8.22. The lowest BCUT2D eigenvalue weighted by Gasteiger charge is -2.13. The number of amides is 1. The van der Waals surface area contributed by atoms with E-state index < -0.39 is 29.0 Å². The van der Waals surface area contributed by atoms with Gasteiger partial charge >= 0.3 is 0 Å². The number of ether oxygens (including phenoxy) is 1. The molecule has 3 aromatic rings. The number of para-hydroxylation sites is 1. The first kappa shape index (κ1) is 19.3. The molecule has 1 amide bonds. The zero-order valence-corrected chi connectivity index (χ0v) is 15.0. The first-order chi connectivity index (χ1) is 13.4. The quantitative estimate of drug-likeness (QED) is 0.490. The van der Waals surface area contributed by atoms with Crippen LogP contribution in [0.4, 0.5) is 18.9 Å². The van der Waals surface area contributed by atoms with E-state index >= 15 is 0 Å². The molecular weight excluding hydrogens is 375 g/mol. The zero-order valence-electron chi connectivity index (χ0n) is 15.0. The standard InChI is InChI=1S/C19H16F3N3O3/c1-10-13(11(2)28-25-10)9-27-16-6-4-3-5-12(16)19(26)24-23-15-8-7-14(20)17(21)18(15)22/h3-8,23H,9H2,1-2H3,(H,24,26). The summed E-state index contributed by atoms with van der Waals surface area (Å²) in [6.45, 7) is 3.66. The van der Waals surface area contributed by atoms with E-state index in [1.54, 1.807) is 32.0 Å². The molecule has 1 heterocycles. The fourth-order valence-corrected chi connectivity index (χ4v) is 2.45. The molecule has 3 rings (SSSR count). The van der Waals surface area contributed by atoms with Gasteiger partial charge in [0.2, 0.25) is 0 Å². The molecule has 0 spiro atoms. The van der Waals surface area contributed by atoms with Crippen molar-refractivity contribution < 1.29 is 27.2 Å². The second-order valence-electron chi connectivity index (χ2n) is 5.89. The second kappa shape index (κ2) is 8.03. The molecule has 0 saturated heterocycles. The summed E-state index contributed by atoms with van der Waals surface area (Å²) in [5.41, 5.74) is 5.64. The summed E-state index contributed by atoms with van der Waals surface area (Å²) in [4.78, 5) is 12.4. The van der Waals surface area contributed by atoms with E-state index in [9.17, 15) is 18.0 Å². The average Bonchev–Trinajstić information content (AvgIpc) is 3.01. The van der Waals surface area contributed by atoms with Crippen LogP contribution in [0.3, 0.4) is 0 Å². The maximum atomic E-state index is 13.7. The number of hydrogen-bond acceptors (Lipinski definition) is 5. The van der Waals surface area contributed by atoms with E-state index in [-0.39, 0.29) is 17.9 Å². The third-order valence-corrected chi connectivity index (χ3v) is 4.03. The van der Waals surface area contributed by atoms with Crippen LogP contribution in [0, 0.1) is 31.3 Å². The van der Waals surface area contributed by atoms with Gasteiger partial charge in [0.15, 0.2) is 17.5 Å². The number of anilines is 1. The van der Waals surface area contributed by atoms with E-state index in [0.29, 0.717) is 11.5 Å². The predicted molar refractivity (Wildman–Crippen MR) is 94.2 cm³/mol. The van der Waals surface area contributed by atoms with Crippen LogP contribution in [0.2, 0.25) is 0 Å². The minimum absolute atomic E-state index is 0.136. The molecule has 1 aromatic heterocycles. The topological polar surface area (TPSA) is 76.4 Å². The van der Waals surface area contributed by atoms with Crippen LogP contribution in [0.25, 0.3) is 0 Å². The lowest BCUT2D eigenvalue weighted by molar-refractivity contribution is 0.0958. The molecular formula is C19H16F3N3O3. The molecule has 0 aliphatic rings. The fourth-order valence-electron chi connectivity index (χ4n) is 2.45. The summed E-state index contributed by atoms with van der Waals surface area (Å²) in [6, 6.07) is 8.10. The molecule has 9 heteroatoms. The van der Waals surface area contributed by atoms with Gasteiger partial charge < -0.3 is 9.26 Å². The van der Waals surface area contributed by atoms with Crippen molar-refractivity contribution in [3.63, 3.8) is 0 Å². The highest BCUT2D eigenvalue weighted by molar-refractivity contribution is 5.97. The van der Waals surface area contributed by atoms with Crippen molar-refractivity contribution >= 4 is 11.6 Å². The van der Waals surface area contributed by atoms with E-state index in [4.69, 9.17) is 9.26 Å². The summed E-state index contributed by atoms with van der Waals surface area (Å²) < 4.78 is 50.7. The normalized spacial score (nSPS) is 10.6. The number of nitrogens with one attached hydrogen (secondary N) is 2. The summed E-state index contributed by atoms with van der Waals surface area (Å²) in [7, 11) is 0. The van der Waals surface area contributed by atoms with Gasteiger partial charge in [-0.1, -0.05) is 17.3 Å². The fraction of sp³-hybridized carbons (Fsp3) is 0.158. The molecule has 0 saturated carbocycles. The van der Waals surface area contributed by atoms with Gasteiger partial charge in [0.05, 0.1) is 22.5 Å². The van der Waals surface area contributed by atoms with Crippen LogP contribution in [0.1, 0.15) is 27.4 Å². The van der Waals surface area contributed by atoms with E-state index in [2.05, 4.69) is 16.0 Å². The number of carbonyl (C=O) groups is 1. The van der Waals surface area contributed by atoms with Crippen LogP contribution >= 0.6 is 0 Å². The van der Waals surface area contributed by atoms with Gasteiger partial charge in [-0.2, -0.15) is 0 Å².